The molecule has 5 nitrogen and oxygen atoms in total. The van der Waals surface area contributed by atoms with Crippen LogP contribution in [0.25, 0.3) is 6.08 Å². The molecule has 0 radical (unpaired) electrons. The van der Waals surface area contributed by atoms with Gasteiger partial charge < -0.3 is 10.6 Å². The van der Waals surface area contributed by atoms with Gasteiger partial charge in [-0.2, -0.15) is 0 Å². The van der Waals surface area contributed by atoms with Gasteiger partial charge in [0.1, 0.15) is 5.70 Å². The first-order valence-corrected chi connectivity index (χ1v) is 14.2. The third kappa shape index (κ3) is 8.31. The Morgan fingerprint density at radius 2 is 1.54 bits per heavy atom. The molecule has 0 saturated carbocycles. The summed E-state index contributed by atoms with van der Waals surface area (Å²) >= 11 is 16.7. The molecule has 0 saturated heterocycles. The number of amides is 2. The molecule has 2 N–H and O–H groups in total. The van der Waals surface area contributed by atoms with E-state index in [1.807, 2.05) is 42.5 Å². The van der Waals surface area contributed by atoms with Crippen molar-refractivity contribution >= 4 is 80.3 Å². The van der Waals surface area contributed by atoms with Gasteiger partial charge >= 0.3 is 0 Å². The summed E-state index contributed by atoms with van der Waals surface area (Å²) in [5, 5.41) is 6.28. The van der Waals surface area contributed by atoms with E-state index in [2.05, 4.69) is 26.6 Å². The molecule has 0 heterocycles. The molecular weight excluding hydrogens is 619 g/mol. The highest BCUT2D eigenvalue weighted by Gasteiger charge is 2.15. The van der Waals surface area contributed by atoms with Gasteiger partial charge in [-0.15, -0.1) is 11.8 Å². The van der Waals surface area contributed by atoms with Gasteiger partial charge in [-0.05, 0) is 78.4 Å². The van der Waals surface area contributed by atoms with E-state index in [4.69, 9.17) is 23.2 Å². The third-order valence-corrected chi connectivity index (χ3v) is 7.66. The van der Waals surface area contributed by atoms with Gasteiger partial charge in [0.2, 0.25) is 0 Å². The zero-order valence-corrected chi connectivity index (χ0v) is 24.2. The van der Waals surface area contributed by atoms with Gasteiger partial charge in [0.25, 0.3) is 11.8 Å². The van der Waals surface area contributed by atoms with Crippen LogP contribution in [0, 0.1) is 0 Å². The fourth-order valence-electron chi connectivity index (χ4n) is 3.44. The number of carbonyl (C=O) groups excluding carboxylic acids is 3. The van der Waals surface area contributed by atoms with Crippen LogP contribution in [-0.2, 0) is 4.79 Å². The normalized spacial score (nSPS) is 11.1. The van der Waals surface area contributed by atoms with Crippen LogP contribution < -0.4 is 10.6 Å². The zero-order chi connectivity index (χ0) is 27.8. The van der Waals surface area contributed by atoms with Crippen LogP contribution in [0.15, 0.2) is 112 Å². The molecule has 2 amide bonds. The first-order valence-electron chi connectivity index (χ1n) is 11.6. The van der Waals surface area contributed by atoms with Crippen LogP contribution in [0.2, 0.25) is 10.0 Å². The summed E-state index contributed by atoms with van der Waals surface area (Å²) in [7, 11) is 0. The molecule has 0 aliphatic rings. The number of anilines is 1. The fourth-order valence-corrected chi connectivity index (χ4v) is 4.95. The minimum Gasteiger partial charge on any atom is -0.321 e. The van der Waals surface area contributed by atoms with Crippen molar-refractivity contribution in [3.63, 3.8) is 0 Å². The number of benzene rings is 4. The molecule has 0 bridgehead atoms. The molecule has 0 aliphatic carbocycles. The predicted octanol–water partition coefficient (Wildman–Crippen LogP) is 8.14. The standard InChI is InChI=1S/C30H21BrCl2N2O3S/c31-22-8-4-5-19(15-22)16-27(35-29(37)20-6-2-1-3-7-20)30(38)34-23-10-12-24(13-11-23)39-18-28(36)21-9-14-25(32)26(33)17-21/h1-17H,18H2,(H,34,38)(H,35,37)/b27-16-. The SMILES string of the molecule is O=C(Nc1ccc(SCC(=O)c2ccc(Cl)c(Cl)c2)cc1)/C(=C/c1cccc(Br)c1)NC(=O)c1ccccc1. The average Bonchev–Trinajstić information content (AvgIpc) is 2.94. The molecule has 39 heavy (non-hydrogen) atoms. The first-order chi connectivity index (χ1) is 18.8. The Balaban J connectivity index is 1.44. The summed E-state index contributed by atoms with van der Waals surface area (Å²) in [6.45, 7) is 0. The van der Waals surface area contributed by atoms with E-state index in [0.29, 0.717) is 26.9 Å². The van der Waals surface area contributed by atoms with Crippen molar-refractivity contribution in [3.05, 3.63) is 134 Å². The Morgan fingerprint density at radius 1 is 0.795 bits per heavy atom. The largest absolute Gasteiger partial charge is 0.321 e. The number of hydrogen-bond acceptors (Lipinski definition) is 4. The summed E-state index contributed by atoms with van der Waals surface area (Å²) in [6, 6.07) is 27.9. The minimum absolute atomic E-state index is 0.0765. The zero-order valence-electron chi connectivity index (χ0n) is 20.3. The lowest BCUT2D eigenvalue weighted by Gasteiger charge is -2.12. The number of hydrogen-bond donors (Lipinski definition) is 2. The van der Waals surface area contributed by atoms with E-state index in [-0.39, 0.29) is 17.2 Å². The Morgan fingerprint density at radius 3 is 2.23 bits per heavy atom. The molecule has 9 heteroatoms. The monoisotopic (exact) mass is 638 g/mol. The van der Waals surface area contributed by atoms with Crippen LogP contribution in [0.1, 0.15) is 26.3 Å². The number of nitrogens with one attached hydrogen (secondary N) is 2. The molecule has 0 atom stereocenters. The second-order valence-electron chi connectivity index (χ2n) is 8.25. The quantitative estimate of drug-likeness (QED) is 0.110. The van der Waals surface area contributed by atoms with Gasteiger partial charge in [0.05, 0.1) is 15.8 Å². The van der Waals surface area contributed by atoms with Gasteiger partial charge in [-0.25, -0.2) is 0 Å². The molecule has 4 rings (SSSR count). The lowest BCUT2D eigenvalue weighted by Crippen LogP contribution is -2.30. The second kappa shape index (κ2) is 13.6. The first kappa shape index (κ1) is 28.6. The Bertz CT molecular complexity index is 1540. The molecule has 0 aliphatic heterocycles. The number of thioether (sulfide) groups is 1. The second-order valence-corrected chi connectivity index (χ2v) is 11.0. The van der Waals surface area contributed by atoms with Gasteiger partial charge in [-0.3, -0.25) is 14.4 Å². The maximum absolute atomic E-state index is 13.2. The third-order valence-electron chi connectivity index (χ3n) is 5.41. The number of Topliss-reactive ketones (excluding diaryl/α,β-unsaturated/α-hetero) is 1. The summed E-state index contributed by atoms with van der Waals surface area (Å²) in [5.74, 6) is -0.735. The summed E-state index contributed by atoms with van der Waals surface area (Å²) in [6.07, 6.45) is 1.61. The Labute approximate surface area is 248 Å². The summed E-state index contributed by atoms with van der Waals surface area (Å²) in [4.78, 5) is 39.4. The molecule has 0 aromatic heterocycles. The van der Waals surface area contributed by atoms with Crippen LogP contribution >= 0.6 is 50.9 Å². The van der Waals surface area contributed by atoms with Crippen molar-refractivity contribution in [2.75, 3.05) is 11.1 Å². The highest BCUT2D eigenvalue weighted by molar-refractivity contribution is 9.10. The lowest BCUT2D eigenvalue weighted by atomic mass is 10.1. The number of halogens is 3. The number of ketones is 1. The van der Waals surface area contributed by atoms with Gasteiger partial charge in [-0.1, -0.05) is 69.5 Å². The summed E-state index contributed by atoms with van der Waals surface area (Å²) < 4.78 is 0.844. The van der Waals surface area contributed by atoms with Crippen molar-refractivity contribution in [1.29, 1.82) is 0 Å². The van der Waals surface area contributed by atoms with Crippen molar-refractivity contribution in [2.24, 2.45) is 0 Å². The maximum Gasteiger partial charge on any atom is 0.272 e. The van der Waals surface area contributed by atoms with Crippen LogP contribution in [0.4, 0.5) is 5.69 Å². The van der Waals surface area contributed by atoms with E-state index < -0.39 is 11.8 Å². The van der Waals surface area contributed by atoms with Crippen molar-refractivity contribution in [2.45, 2.75) is 4.90 Å². The lowest BCUT2D eigenvalue weighted by molar-refractivity contribution is -0.113. The van der Waals surface area contributed by atoms with Crippen molar-refractivity contribution in [3.8, 4) is 0 Å². The highest BCUT2D eigenvalue weighted by atomic mass is 79.9. The molecule has 196 valence electrons. The van der Waals surface area contributed by atoms with Crippen molar-refractivity contribution in [1.82, 2.24) is 5.32 Å². The van der Waals surface area contributed by atoms with E-state index in [1.54, 1.807) is 60.7 Å². The van der Waals surface area contributed by atoms with Crippen LogP contribution in [0.3, 0.4) is 0 Å². The van der Waals surface area contributed by atoms with E-state index >= 15 is 0 Å². The van der Waals surface area contributed by atoms with Crippen molar-refractivity contribution < 1.29 is 14.4 Å². The van der Waals surface area contributed by atoms with E-state index in [9.17, 15) is 14.4 Å². The fraction of sp³-hybridized carbons (Fsp3) is 0.0333. The predicted molar refractivity (Wildman–Crippen MR) is 163 cm³/mol. The maximum atomic E-state index is 13.2. The van der Waals surface area contributed by atoms with Crippen LogP contribution in [-0.4, -0.2) is 23.4 Å². The molecule has 0 spiro atoms. The number of carbonyl (C=O) groups is 3. The molecule has 4 aromatic rings. The molecule has 4 aromatic carbocycles. The Kier molecular flexibility index (Phi) is 10.0. The van der Waals surface area contributed by atoms with Gasteiger partial charge in [0, 0.05) is 26.2 Å². The van der Waals surface area contributed by atoms with E-state index in [0.717, 1.165) is 14.9 Å². The minimum atomic E-state index is -0.477. The highest BCUT2D eigenvalue weighted by Crippen LogP contribution is 2.25. The van der Waals surface area contributed by atoms with Gasteiger partial charge in [0.15, 0.2) is 5.78 Å². The summed E-state index contributed by atoms with van der Waals surface area (Å²) in [5.41, 5.74) is 2.29. The van der Waals surface area contributed by atoms with Crippen LogP contribution in [0.5, 0.6) is 0 Å². The molecule has 0 fully saturated rings. The topological polar surface area (TPSA) is 75.3 Å². The molecule has 0 unspecified atom stereocenters. The van der Waals surface area contributed by atoms with E-state index in [1.165, 1.54) is 11.8 Å². The molecular formula is C30H21BrCl2N2O3S. The smallest absolute Gasteiger partial charge is 0.272 e. The number of rotatable bonds is 9. The Hall–Kier alpha value is -3.36. The average molecular weight is 640 g/mol.